The summed E-state index contributed by atoms with van der Waals surface area (Å²) >= 11 is 0. The molecule has 8 rings (SSSR count). The van der Waals surface area contributed by atoms with Gasteiger partial charge in [-0.2, -0.15) is 10.2 Å². The van der Waals surface area contributed by atoms with Crippen LogP contribution >= 0.6 is 0 Å². The standard InChI is InChI=1S/C42H45F2N9O6/c43-38(44)36-32(47-40(55)31-24-46-52-18-16-34(48-39(31)52)51-19-21-58-22-20-51)25-53(50-36)28-12-8-27(9-13-28)23-45-17-3-1-2-5-26-10-14-29(15-11-26)59-33-7-4-6-30-35(33)41(56)49-42(57)37(30)54/h4,6-7,10-11,14-16,18,24-25,27-28,38,45H,1-3,5,8-9,12-13,17,19-23H2,(H,47,55)(H,49,56,57)/t27-,28-. The number of anilines is 2. The van der Waals surface area contributed by atoms with E-state index in [0.717, 1.165) is 70.0 Å². The van der Waals surface area contributed by atoms with Gasteiger partial charge < -0.3 is 25.0 Å². The number of ether oxygens (including phenoxy) is 2. The smallest absolute Gasteiger partial charge is 0.299 e. The monoisotopic (exact) mass is 809 g/mol. The highest BCUT2D eigenvalue weighted by Gasteiger charge is 2.33. The van der Waals surface area contributed by atoms with E-state index >= 15 is 0 Å². The molecule has 3 N–H and O–H groups in total. The number of aromatic nitrogens is 5. The highest BCUT2D eigenvalue weighted by Crippen LogP contribution is 2.35. The number of halogens is 2. The summed E-state index contributed by atoms with van der Waals surface area (Å²) in [5, 5.41) is 16.8. The predicted molar refractivity (Wildman–Crippen MR) is 212 cm³/mol. The van der Waals surface area contributed by atoms with E-state index in [4.69, 9.17) is 9.47 Å². The molecular formula is C42H45F2N9O6. The summed E-state index contributed by atoms with van der Waals surface area (Å²) in [5.74, 6) is -1.04. The van der Waals surface area contributed by atoms with Gasteiger partial charge in [-0.3, -0.25) is 29.2 Å². The molecule has 0 unspecified atom stereocenters. The van der Waals surface area contributed by atoms with Crippen molar-refractivity contribution in [3.05, 3.63) is 95.1 Å². The highest BCUT2D eigenvalue weighted by molar-refractivity contribution is 6.49. The van der Waals surface area contributed by atoms with Gasteiger partial charge in [-0.05, 0) is 99.8 Å². The van der Waals surface area contributed by atoms with E-state index in [9.17, 15) is 28.0 Å². The first kappa shape index (κ1) is 39.7. The van der Waals surface area contributed by atoms with Gasteiger partial charge in [0, 0.05) is 31.0 Å². The summed E-state index contributed by atoms with van der Waals surface area (Å²) in [6.45, 7) is 4.33. The Morgan fingerprint density at radius 3 is 2.54 bits per heavy atom. The Balaban J connectivity index is 0.752. The van der Waals surface area contributed by atoms with E-state index in [1.54, 1.807) is 23.0 Å². The van der Waals surface area contributed by atoms with Crippen LogP contribution in [-0.4, -0.2) is 87.3 Å². The van der Waals surface area contributed by atoms with Gasteiger partial charge in [0.25, 0.3) is 29.9 Å². The van der Waals surface area contributed by atoms with Crippen LogP contribution in [0.2, 0.25) is 0 Å². The maximum Gasteiger partial charge on any atom is 0.299 e. The minimum Gasteiger partial charge on any atom is -0.457 e. The first-order valence-corrected chi connectivity index (χ1v) is 20.1. The molecule has 5 heterocycles. The van der Waals surface area contributed by atoms with Gasteiger partial charge in [0.1, 0.15) is 22.9 Å². The number of Topliss-reactive ketones (excluding diaryl/α,β-unsaturated/α-hetero) is 1. The minimum absolute atomic E-state index is 0.0127. The van der Waals surface area contributed by atoms with Crippen molar-refractivity contribution in [3.8, 4) is 11.5 Å². The Morgan fingerprint density at radius 2 is 1.76 bits per heavy atom. The molecule has 0 atom stereocenters. The number of rotatable bonds is 15. The van der Waals surface area contributed by atoms with Gasteiger partial charge in [-0.1, -0.05) is 24.6 Å². The zero-order valence-corrected chi connectivity index (χ0v) is 32.4. The second-order valence-corrected chi connectivity index (χ2v) is 15.1. The largest absolute Gasteiger partial charge is 0.457 e. The fraction of sp³-hybridized carbons (Fsp3) is 0.405. The number of hydrogen-bond acceptors (Lipinski definition) is 11. The van der Waals surface area contributed by atoms with Crippen LogP contribution in [0.25, 0.3) is 5.65 Å². The van der Waals surface area contributed by atoms with Gasteiger partial charge in [0.2, 0.25) is 0 Å². The van der Waals surface area contributed by atoms with Crippen molar-refractivity contribution in [2.24, 2.45) is 5.92 Å². The summed E-state index contributed by atoms with van der Waals surface area (Å²) in [4.78, 5) is 56.4. The molecule has 1 saturated heterocycles. The zero-order valence-electron chi connectivity index (χ0n) is 32.4. The highest BCUT2D eigenvalue weighted by atomic mass is 19.3. The summed E-state index contributed by atoms with van der Waals surface area (Å²) in [7, 11) is 0. The number of nitrogens with one attached hydrogen (secondary N) is 3. The van der Waals surface area contributed by atoms with Crippen molar-refractivity contribution in [2.45, 2.75) is 63.8 Å². The molecule has 308 valence electrons. The maximum absolute atomic E-state index is 14.2. The summed E-state index contributed by atoms with van der Waals surface area (Å²) in [6.07, 6.45) is 9.31. The quantitative estimate of drug-likeness (QED) is 0.0650. The fourth-order valence-corrected chi connectivity index (χ4v) is 7.94. The summed E-state index contributed by atoms with van der Waals surface area (Å²) in [5.41, 5.74) is 1.30. The van der Waals surface area contributed by atoms with Crippen molar-refractivity contribution >= 4 is 40.7 Å². The second kappa shape index (κ2) is 17.8. The number of carbonyl (C=O) groups excluding carboxylic acids is 4. The molecule has 59 heavy (non-hydrogen) atoms. The summed E-state index contributed by atoms with van der Waals surface area (Å²) < 4.78 is 42.7. The zero-order chi connectivity index (χ0) is 40.9. The number of aryl methyl sites for hydroxylation is 1. The molecule has 2 aliphatic heterocycles. The molecule has 0 bridgehead atoms. The van der Waals surface area contributed by atoms with E-state index < -0.39 is 35.6 Å². The van der Waals surface area contributed by atoms with Crippen LogP contribution in [-0.2, 0) is 16.0 Å². The van der Waals surface area contributed by atoms with Crippen LogP contribution < -0.4 is 25.6 Å². The molecule has 3 aliphatic rings. The Labute approximate surface area is 338 Å². The van der Waals surface area contributed by atoms with Crippen molar-refractivity contribution in [3.63, 3.8) is 0 Å². The molecular weight excluding hydrogens is 765 g/mol. The number of nitrogens with zero attached hydrogens (tertiary/aromatic N) is 6. The van der Waals surface area contributed by atoms with Crippen molar-refractivity contribution in [1.29, 1.82) is 0 Å². The normalized spacial score (nSPS) is 18.3. The van der Waals surface area contributed by atoms with E-state index in [2.05, 4.69) is 36.0 Å². The Hall–Kier alpha value is -6.07. The number of unbranched alkanes of at least 4 members (excludes halogenated alkanes) is 2. The molecule has 0 radical (unpaired) electrons. The SMILES string of the molecule is O=C1NC(=O)c2c(Oc3ccc(CCCCCNC[C@H]4CC[C@H](n5cc(NC(=O)c6cnn7ccc(N8CCOCC8)nc67)c(C(F)F)n5)CC4)cc3)cccc2C1=O. The molecule has 2 fully saturated rings. The molecule has 5 aromatic rings. The second-order valence-electron chi connectivity index (χ2n) is 15.1. The Kier molecular flexibility index (Phi) is 12.0. The van der Waals surface area contributed by atoms with Crippen molar-refractivity contribution in [1.82, 2.24) is 35.0 Å². The number of imide groups is 1. The molecule has 3 amide bonds. The van der Waals surface area contributed by atoms with E-state index in [1.165, 1.54) is 23.0 Å². The van der Waals surface area contributed by atoms with Gasteiger partial charge in [-0.15, -0.1) is 0 Å². The lowest BCUT2D eigenvalue weighted by Gasteiger charge is -2.29. The molecule has 17 heteroatoms. The first-order valence-electron chi connectivity index (χ1n) is 20.1. The van der Waals surface area contributed by atoms with Crippen LogP contribution in [0.3, 0.4) is 0 Å². The third kappa shape index (κ3) is 9.00. The van der Waals surface area contributed by atoms with Crippen LogP contribution in [0.1, 0.15) is 99.7 Å². The fourth-order valence-electron chi connectivity index (χ4n) is 7.94. The number of fused-ring (bicyclic) bond motifs is 2. The molecule has 1 aliphatic carbocycles. The van der Waals surface area contributed by atoms with Crippen molar-refractivity contribution in [2.75, 3.05) is 49.6 Å². The van der Waals surface area contributed by atoms with Crippen LogP contribution in [0.15, 0.2) is 67.1 Å². The van der Waals surface area contributed by atoms with Crippen LogP contribution in [0, 0.1) is 5.92 Å². The first-order chi connectivity index (χ1) is 28.7. The Morgan fingerprint density at radius 1 is 0.966 bits per heavy atom. The van der Waals surface area contributed by atoms with Gasteiger partial charge in [0.05, 0.1) is 36.7 Å². The third-order valence-electron chi connectivity index (χ3n) is 11.2. The lowest BCUT2D eigenvalue weighted by atomic mass is 9.86. The van der Waals surface area contributed by atoms with Crippen LogP contribution in [0.4, 0.5) is 20.3 Å². The van der Waals surface area contributed by atoms with Crippen LogP contribution in [0.5, 0.6) is 11.5 Å². The lowest BCUT2D eigenvalue weighted by Crippen LogP contribution is -2.42. The number of carbonyl (C=O) groups is 4. The Bertz CT molecular complexity index is 2330. The average molecular weight is 810 g/mol. The number of hydrogen-bond donors (Lipinski definition) is 3. The average Bonchev–Trinajstić information content (AvgIpc) is 3.88. The topological polar surface area (TPSA) is 174 Å². The van der Waals surface area contributed by atoms with Gasteiger partial charge in [0.15, 0.2) is 11.3 Å². The molecule has 15 nitrogen and oxygen atoms in total. The van der Waals surface area contributed by atoms with Crippen molar-refractivity contribution < 1.29 is 37.4 Å². The van der Waals surface area contributed by atoms with Gasteiger partial charge in [-0.25, -0.2) is 18.3 Å². The number of morpholine rings is 1. The van der Waals surface area contributed by atoms with Gasteiger partial charge >= 0.3 is 0 Å². The number of alkyl halides is 2. The number of ketones is 1. The maximum atomic E-state index is 14.2. The summed E-state index contributed by atoms with van der Waals surface area (Å²) in [6, 6.07) is 14.0. The molecule has 0 spiro atoms. The molecule has 1 saturated carbocycles. The lowest BCUT2D eigenvalue weighted by molar-refractivity contribution is -0.116. The van der Waals surface area contributed by atoms with E-state index in [1.807, 2.05) is 30.3 Å². The molecule has 3 aromatic heterocycles. The number of amides is 3. The predicted octanol–water partition coefficient (Wildman–Crippen LogP) is 5.93. The number of benzene rings is 2. The molecule has 2 aromatic carbocycles. The van der Waals surface area contributed by atoms with E-state index in [-0.39, 0.29) is 34.2 Å². The third-order valence-corrected chi connectivity index (χ3v) is 11.2. The van der Waals surface area contributed by atoms with E-state index in [0.29, 0.717) is 49.4 Å². The minimum atomic E-state index is -2.86.